The maximum atomic E-state index is 11.0. The second kappa shape index (κ2) is 2.94. The van der Waals surface area contributed by atoms with Gasteiger partial charge in [0, 0.05) is 0 Å². The van der Waals surface area contributed by atoms with Gasteiger partial charge >= 0.3 is 0 Å². The molecule has 1 atom stereocenters. The molecule has 1 N–H and O–H groups in total. The summed E-state index contributed by atoms with van der Waals surface area (Å²) in [6, 6.07) is 3.50. The standard InChI is InChI=1S/C7H8O2S/c1-5(8)7(9)6-3-2-4-10-6/h2-5,8H,1H3/t5-/m0/s1. The highest BCUT2D eigenvalue weighted by Gasteiger charge is 2.11. The van der Waals surface area contributed by atoms with Gasteiger partial charge < -0.3 is 5.11 Å². The second-order valence-corrected chi connectivity index (χ2v) is 2.97. The number of hydrogen-bond donors (Lipinski definition) is 1. The van der Waals surface area contributed by atoms with Crippen molar-refractivity contribution in [3.63, 3.8) is 0 Å². The summed E-state index contributed by atoms with van der Waals surface area (Å²) < 4.78 is 0. The fourth-order valence-electron chi connectivity index (χ4n) is 0.625. The average molecular weight is 156 g/mol. The summed E-state index contributed by atoms with van der Waals surface area (Å²) >= 11 is 1.35. The van der Waals surface area contributed by atoms with Crippen LogP contribution in [0.5, 0.6) is 0 Å². The number of carbonyl (C=O) groups is 1. The van der Waals surface area contributed by atoms with E-state index in [9.17, 15) is 4.79 Å². The summed E-state index contributed by atoms with van der Waals surface area (Å²) in [7, 11) is 0. The van der Waals surface area contributed by atoms with Crippen LogP contribution in [0.1, 0.15) is 16.6 Å². The third kappa shape index (κ3) is 1.43. The maximum Gasteiger partial charge on any atom is 0.200 e. The molecule has 1 aromatic heterocycles. The molecule has 10 heavy (non-hydrogen) atoms. The maximum absolute atomic E-state index is 11.0. The minimum atomic E-state index is -0.876. The van der Waals surface area contributed by atoms with E-state index in [-0.39, 0.29) is 5.78 Å². The van der Waals surface area contributed by atoms with Gasteiger partial charge in [0.2, 0.25) is 5.78 Å². The number of carbonyl (C=O) groups excluding carboxylic acids is 1. The van der Waals surface area contributed by atoms with Crippen molar-refractivity contribution in [3.8, 4) is 0 Å². The smallest absolute Gasteiger partial charge is 0.200 e. The third-order valence-electron chi connectivity index (χ3n) is 1.14. The Kier molecular flexibility index (Phi) is 2.19. The van der Waals surface area contributed by atoms with Gasteiger partial charge in [-0.1, -0.05) is 6.07 Å². The van der Waals surface area contributed by atoms with Crippen LogP contribution in [-0.2, 0) is 0 Å². The first kappa shape index (κ1) is 7.44. The molecule has 0 saturated heterocycles. The zero-order valence-electron chi connectivity index (χ0n) is 5.57. The molecule has 0 aromatic carbocycles. The predicted molar refractivity (Wildman–Crippen MR) is 40.3 cm³/mol. The number of rotatable bonds is 2. The van der Waals surface area contributed by atoms with Crippen LogP contribution in [0.2, 0.25) is 0 Å². The summed E-state index contributed by atoms with van der Waals surface area (Å²) in [4.78, 5) is 11.6. The lowest BCUT2D eigenvalue weighted by Crippen LogP contribution is -2.14. The van der Waals surface area contributed by atoms with Crippen LogP contribution in [-0.4, -0.2) is 17.0 Å². The van der Waals surface area contributed by atoms with E-state index in [4.69, 9.17) is 5.11 Å². The van der Waals surface area contributed by atoms with E-state index in [0.717, 1.165) is 0 Å². The van der Waals surface area contributed by atoms with Crippen LogP contribution in [0.4, 0.5) is 0 Å². The molecule has 0 aliphatic rings. The quantitative estimate of drug-likeness (QED) is 0.655. The van der Waals surface area contributed by atoms with Crippen molar-refractivity contribution >= 4 is 17.1 Å². The number of ketones is 1. The van der Waals surface area contributed by atoms with E-state index in [1.165, 1.54) is 18.3 Å². The van der Waals surface area contributed by atoms with E-state index in [1.807, 2.05) is 5.38 Å². The Balaban J connectivity index is 2.78. The Hall–Kier alpha value is -0.670. The lowest BCUT2D eigenvalue weighted by molar-refractivity contribution is 0.0784. The van der Waals surface area contributed by atoms with Gasteiger partial charge in [-0.3, -0.25) is 4.79 Å². The summed E-state index contributed by atoms with van der Waals surface area (Å²) in [6.45, 7) is 1.47. The SMILES string of the molecule is C[C@H](O)C(=O)c1cccs1. The average Bonchev–Trinajstić information content (AvgIpc) is 2.36. The molecule has 3 heteroatoms. The topological polar surface area (TPSA) is 37.3 Å². The van der Waals surface area contributed by atoms with Crippen molar-refractivity contribution in [2.75, 3.05) is 0 Å². The van der Waals surface area contributed by atoms with Gasteiger partial charge in [0.25, 0.3) is 0 Å². The molecule has 0 fully saturated rings. The molecule has 1 heterocycles. The molecule has 0 spiro atoms. The first-order valence-electron chi connectivity index (χ1n) is 2.97. The molecule has 0 bridgehead atoms. The first-order chi connectivity index (χ1) is 4.72. The van der Waals surface area contributed by atoms with Crippen LogP contribution < -0.4 is 0 Å². The summed E-state index contributed by atoms with van der Waals surface area (Å²) in [5.41, 5.74) is 0. The Morgan fingerprint density at radius 3 is 2.90 bits per heavy atom. The summed E-state index contributed by atoms with van der Waals surface area (Å²) in [5.74, 6) is -0.199. The Labute approximate surface area is 63.1 Å². The van der Waals surface area contributed by atoms with Gasteiger partial charge in [0.05, 0.1) is 4.88 Å². The van der Waals surface area contributed by atoms with Gasteiger partial charge in [-0.05, 0) is 18.4 Å². The fraction of sp³-hybridized carbons (Fsp3) is 0.286. The lowest BCUT2D eigenvalue weighted by Gasteiger charge is -1.97. The number of thiophene rings is 1. The summed E-state index contributed by atoms with van der Waals surface area (Å²) in [6.07, 6.45) is -0.876. The monoisotopic (exact) mass is 156 g/mol. The van der Waals surface area contributed by atoms with E-state index in [1.54, 1.807) is 12.1 Å². The molecule has 54 valence electrons. The van der Waals surface area contributed by atoms with Gasteiger partial charge in [-0.2, -0.15) is 0 Å². The Morgan fingerprint density at radius 2 is 2.50 bits per heavy atom. The number of hydrogen-bond acceptors (Lipinski definition) is 3. The van der Waals surface area contributed by atoms with E-state index < -0.39 is 6.10 Å². The molecule has 0 unspecified atom stereocenters. The van der Waals surface area contributed by atoms with Gasteiger partial charge in [0.1, 0.15) is 6.10 Å². The molecular weight excluding hydrogens is 148 g/mol. The molecule has 0 radical (unpaired) electrons. The minimum absolute atomic E-state index is 0.199. The van der Waals surface area contributed by atoms with Crippen molar-refractivity contribution in [1.29, 1.82) is 0 Å². The van der Waals surface area contributed by atoms with Crippen molar-refractivity contribution in [3.05, 3.63) is 22.4 Å². The zero-order chi connectivity index (χ0) is 7.56. The van der Waals surface area contributed by atoms with E-state index in [0.29, 0.717) is 4.88 Å². The second-order valence-electron chi connectivity index (χ2n) is 2.02. The van der Waals surface area contributed by atoms with Crippen LogP contribution in [0.15, 0.2) is 17.5 Å². The van der Waals surface area contributed by atoms with Crippen LogP contribution >= 0.6 is 11.3 Å². The van der Waals surface area contributed by atoms with Gasteiger partial charge in [0.15, 0.2) is 0 Å². The van der Waals surface area contributed by atoms with Crippen molar-refractivity contribution in [1.82, 2.24) is 0 Å². The fourth-order valence-corrected chi connectivity index (χ4v) is 1.37. The highest BCUT2D eigenvalue weighted by Crippen LogP contribution is 2.10. The lowest BCUT2D eigenvalue weighted by atomic mass is 10.2. The Morgan fingerprint density at radius 1 is 1.80 bits per heavy atom. The van der Waals surface area contributed by atoms with E-state index >= 15 is 0 Å². The predicted octanol–water partition coefficient (Wildman–Crippen LogP) is 1.31. The minimum Gasteiger partial charge on any atom is -0.385 e. The molecule has 0 saturated carbocycles. The normalized spacial score (nSPS) is 13.0. The number of aliphatic hydroxyl groups is 1. The van der Waals surface area contributed by atoms with Crippen LogP contribution in [0.3, 0.4) is 0 Å². The first-order valence-corrected chi connectivity index (χ1v) is 3.85. The number of aliphatic hydroxyl groups excluding tert-OH is 1. The highest BCUT2D eigenvalue weighted by atomic mass is 32.1. The molecule has 0 aliphatic heterocycles. The largest absolute Gasteiger partial charge is 0.385 e. The Bertz CT molecular complexity index is 214. The van der Waals surface area contributed by atoms with Crippen LogP contribution in [0, 0.1) is 0 Å². The molecule has 1 aromatic rings. The molecule has 0 amide bonds. The van der Waals surface area contributed by atoms with Crippen LogP contribution in [0.25, 0.3) is 0 Å². The van der Waals surface area contributed by atoms with Gasteiger partial charge in [-0.15, -0.1) is 11.3 Å². The highest BCUT2D eigenvalue weighted by molar-refractivity contribution is 7.12. The van der Waals surface area contributed by atoms with E-state index in [2.05, 4.69) is 0 Å². The van der Waals surface area contributed by atoms with Gasteiger partial charge in [-0.25, -0.2) is 0 Å². The third-order valence-corrected chi connectivity index (χ3v) is 2.03. The summed E-state index contributed by atoms with van der Waals surface area (Å²) in [5, 5.41) is 10.7. The number of Topliss-reactive ketones (excluding diaryl/α,β-unsaturated/α-hetero) is 1. The van der Waals surface area contributed by atoms with Crippen molar-refractivity contribution < 1.29 is 9.90 Å². The molecule has 0 aliphatic carbocycles. The molecule has 2 nitrogen and oxygen atoms in total. The zero-order valence-corrected chi connectivity index (χ0v) is 6.39. The van der Waals surface area contributed by atoms with Crippen molar-refractivity contribution in [2.45, 2.75) is 13.0 Å². The molecular formula is C7H8O2S. The molecule has 1 rings (SSSR count). The van der Waals surface area contributed by atoms with Crippen molar-refractivity contribution in [2.24, 2.45) is 0 Å².